The van der Waals surface area contributed by atoms with Gasteiger partial charge in [0.05, 0.1) is 23.0 Å². The molecule has 0 spiro atoms. The molecule has 2 N–H and O–H groups in total. The fourth-order valence-corrected chi connectivity index (χ4v) is 4.16. The maximum absolute atomic E-state index is 9.17. The molecule has 0 amide bonds. The van der Waals surface area contributed by atoms with Crippen LogP contribution in [0.5, 0.6) is 0 Å². The fourth-order valence-electron chi connectivity index (χ4n) is 4.16. The quantitative estimate of drug-likeness (QED) is 0.779. The lowest BCUT2D eigenvalue weighted by Gasteiger charge is -2.29. The third kappa shape index (κ3) is 3.30. The smallest absolute Gasteiger partial charge is 0.148 e. The molecule has 0 fully saturated rings. The Labute approximate surface area is 176 Å². The number of benzene rings is 2. The maximum atomic E-state index is 9.17. The number of anilines is 3. The Balaban J connectivity index is 1.89. The minimum atomic E-state index is -0.0234. The number of allylic oxidation sites excluding steroid dienone is 1. The topological polar surface area (TPSA) is 93.4 Å². The molecule has 0 radical (unpaired) electrons. The van der Waals surface area contributed by atoms with Crippen LogP contribution in [0.3, 0.4) is 0 Å². The number of nitrogens with zero attached hydrogens (tertiary/aromatic N) is 6. The van der Waals surface area contributed by atoms with Gasteiger partial charge in [-0.1, -0.05) is 13.0 Å². The summed E-state index contributed by atoms with van der Waals surface area (Å²) in [7, 11) is 1.73. The van der Waals surface area contributed by atoms with Crippen LogP contribution in [-0.2, 0) is 0 Å². The summed E-state index contributed by atoms with van der Waals surface area (Å²) in [6.45, 7) is 5.05. The largest absolute Gasteiger partial charge is 0.404 e. The van der Waals surface area contributed by atoms with Gasteiger partial charge in [0, 0.05) is 43.2 Å². The van der Waals surface area contributed by atoms with Crippen molar-refractivity contribution in [3.05, 3.63) is 59.8 Å². The number of rotatable bonds is 3. The third-order valence-corrected chi connectivity index (χ3v) is 5.65. The van der Waals surface area contributed by atoms with Crippen molar-refractivity contribution in [2.75, 3.05) is 23.4 Å². The molecule has 2 aromatic rings. The Bertz CT molecular complexity index is 1060. The zero-order chi connectivity index (χ0) is 21.3. The van der Waals surface area contributed by atoms with Crippen LogP contribution in [0.2, 0.25) is 0 Å². The van der Waals surface area contributed by atoms with Crippen LogP contribution < -0.4 is 15.5 Å². The first-order valence-corrected chi connectivity index (χ1v) is 10.0. The van der Waals surface area contributed by atoms with Gasteiger partial charge in [-0.3, -0.25) is 4.99 Å². The average molecular weight is 400 g/mol. The van der Waals surface area contributed by atoms with Gasteiger partial charge in [-0.2, -0.15) is 15.5 Å². The normalized spacial score (nSPS) is 23.3. The first-order valence-electron chi connectivity index (χ1n) is 10.0. The van der Waals surface area contributed by atoms with E-state index in [1.807, 2.05) is 24.3 Å². The second-order valence-electron chi connectivity index (χ2n) is 7.64. The molecule has 4 rings (SSSR count). The highest BCUT2D eigenvalue weighted by Crippen LogP contribution is 2.44. The molecule has 0 aromatic heterocycles. The van der Waals surface area contributed by atoms with Gasteiger partial charge >= 0.3 is 0 Å². The molecule has 30 heavy (non-hydrogen) atoms. The van der Waals surface area contributed by atoms with E-state index in [9.17, 15) is 5.26 Å². The van der Waals surface area contributed by atoms with Gasteiger partial charge in [-0.25, -0.2) is 0 Å². The molecule has 2 heterocycles. The van der Waals surface area contributed by atoms with Crippen molar-refractivity contribution in [3.8, 4) is 6.07 Å². The molecule has 3 atom stereocenters. The second kappa shape index (κ2) is 7.99. The van der Waals surface area contributed by atoms with E-state index in [1.165, 1.54) is 0 Å². The Hall–Kier alpha value is -3.66. The minimum absolute atomic E-state index is 0.00490. The molecule has 2 unspecified atom stereocenters. The lowest BCUT2D eigenvalue weighted by molar-refractivity contribution is 0.464. The summed E-state index contributed by atoms with van der Waals surface area (Å²) in [4.78, 5) is 8.71. The van der Waals surface area contributed by atoms with Crippen molar-refractivity contribution >= 4 is 28.8 Å². The van der Waals surface area contributed by atoms with E-state index in [0.717, 1.165) is 34.7 Å². The third-order valence-electron chi connectivity index (χ3n) is 5.65. The zero-order valence-electron chi connectivity index (χ0n) is 17.4. The van der Waals surface area contributed by atoms with Crippen LogP contribution in [0, 0.1) is 17.2 Å². The van der Waals surface area contributed by atoms with Crippen molar-refractivity contribution < 1.29 is 0 Å². The van der Waals surface area contributed by atoms with E-state index in [1.54, 1.807) is 19.5 Å². The van der Waals surface area contributed by atoms with Crippen molar-refractivity contribution in [1.29, 1.82) is 5.26 Å². The Kier molecular flexibility index (Phi) is 5.23. The van der Waals surface area contributed by atoms with E-state index >= 15 is 0 Å². The molecule has 2 aliphatic heterocycles. The fraction of sp³-hybridized carbons (Fsp3) is 0.304. The van der Waals surface area contributed by atoms with Crippen molar-refractivity contribution in [2.45, 2.75) is 26.2 Å². The summed E-state index contributed by atoms with van der Waals surface area (Å²) in [5.41, 5.74) is 11.5. The van der Waals surface area contributed by atoms with Gasteiger partial charge in [0.15, 0.2) is 0 Å². The first kappa shape index (κ1) is 19.6. The molecule has 0 saturated heterocycles. The molecule has 0 bridgehead atoms. The van der Waals surface area contributed by atoms with E-state index in [0.29, 0.717) is 5.56 Å². The zero-order valence-corrected chi connectivity index (χ0v) is 17.4. The molecule has 7 nitrogen and oxygen atoms in total. The highest BCUT2D eigenvalue weighted by atomic mass is 15.5. The van der Waals surface area contributed by atoms with Crippen molar-refractivity contribution in [2.24, 2.45) is 26.9 Å². The van der Waals surface area contributed by atoms with Gasteiger partial charge in [0.2, 0.25) is 0 Å². The van der Waals surface area contributed by atoms with Gasteiger partial charge in [-0.05, 0) is 48.9 Å². The summed E-state index contributed by atoms with van der Waals surface area (Å²) in [6.07, 6.45) is 3.31. The molecule has 0 saturated carbocycles. The number of azo groups is 1. The van der Waals surface area contributed by atoms with Gasteiger partial charge in [0.1, 0.15) is 12.3 Å². The summed E-state index contributed by atoms with van der Waals surface area (Å²) in [5, 5.41) is 18.2. The lowest BCUT2D eigenvalue weighted by atomic mass is 10.0. The average Bonchev–Trinajstić information content (AvgIpc) is 3.11. The van der Waals surface area contributed by atoms with Gasteiger partial charge in [0.25, 0.3) is 0 Å². The summed E-state index contributed by atoms with van der Waals surface area (Å²) < 4.78 is 0. The van der Waals surface area contributed by atoms with Crippen LogP contribution in [0.25, 0.3) is 5.57 Å². The monoisotopic (exact) mass is 399 g/mol. The van der Waals surface area contributed by atoms with Gasteiger partial charge in [-0.15, -0.1) is 0 Å². The Morgan fingerprint density at radius 1 is 1.17 bits per heavy atom. The number of hydrogen-bond acceptors (Lipinski definition) is 7. The molecule has 2 aromatic carbocycles. The highest BCUT2D eigenvalue weighted by Gasteiger charge is 2.39. The van der Waals surface area contributed by atoms with E-state index in [4.69, 9.17) is 5.73 Å². The van der Waals surface area contributed by atoms with E-state index < -0.39 is 0 Å². The standard InChI is InChI=1S/C23H25N7/c1-15-14-29(20-7-4-17(11-24)5-8-20)22-10-18(19(12-25)13-26-3)6-9-21(22)30-16(2)27-28-23(15)30/h4-10,12-13,15-16,23H,14,25H2,1-3H3/t15-,16?,23?/m0/s1. The molecular weight excluding hydrogens is 374 g/mol. The van der Waals surface area contributed by atoms with Gasteiger partial charge < -0.3 is 15.5 Å². The van der Waals surface area contributed by atoms with Crippen molar-refractivity contribution in [3.63, 3.8) is 0 Å². The van der Waals surface area contributed by atoms with Crippen LogP contribution in [0.4, 0.5) is 17.1 Å². The number of fused-ring (bicyclic) bond motifs is 3. The summed E-state index contributed by atoms with van der Waals surface area (Å²) in [6, 6.07) is 16.2. The lowest BCUT2D eigenvalue weighted by Crippen LogP contribution is -2.39. The second-order valence-corrected chi connectivity index (χ2v) is 7.64. The SMILES string of the molecule is CN=CC(=CN)c1ccc2c(c1)N(c1ccc(C#N)cc1)C[C@H](C)C1N=NC(C)N21. The summed E-state index contributed by atoms with van der Waals surface area (Å²) >= 11 is 0. The van der Waals surface area contributed by atoms with Crippen molar-refractivity contribution in [1.82, 2.24) is 0 Å². The Morgan fingerprint density at radius 3 is 2.60 bits per heavy atom. The molecule has 2 aliphatic rings. The van der Waals surface area contributed by atoms with Crippen LogP contribution in [0.1, 0.15) is 25.0 Å². The predicted octanol–water partition coefficient (Wildman–Crippen LogP) is 4.29. The summed E-state index contributed by atoms with van der Waals surface area (Å²) in [5.74, 6) is 0.256. The van der Waals surface area contributed by atoms with Crippen LogP contribution in [0.15, 0.2) is 63.9 Å². The predicted molar refractivity (Wildman–Crippen MR) is 121 cm³/mol. The number of aliphatic imine (C=N–C) groups is 1. The van der Waals surface area contributed by atoms with E-state index in [-0.39, 0.29) is 18.2 Å². The number of nitrogens with two attached hydrogens (primary N) is 1. The maximum Gasteiger partial charge on any atom is 0.148 e. The molecule has 0 aliphatic carbocycles. The van der Waals surface area contributed by atoms with Crippen LogP contribution >= 0.6 is 0 Å². The van der Waals surface area contributed by atoms with E-state index in [2.05, 4.69) is 63.1 Å². The van der Waals surface area contributed by atoms with Crippen LogP contribution in [-0.4, -0.2) is 32.1 Å². The molecule has 7 heteroatoms. The minimum Gasteiger partial charge on any atom is -0.404 e. The molecular formula is C23H25N7. The first-order chi connectivity index (χ1) is 14.6. The highest BCUT2D eigenvalue weighted by molar-refractivity contribution is 6.10. The Morgan fingerprint density at radius 2 is 1.93 bits per heavy atom. The molecule has 152 valence electrons. The number of nitriles is 1. The number of hydrogen-bond donors (Lipinski definition) is 1.